The van der Waals surface area contributed by atoms with Gasteiger partial charge in [0, 0.05) is 23.5 Å². The highest BCUT2D eigenvalue weighted by Gasteiger charge is 2.29. The Morgan fingerprint density at radius 3 is 2.58 bits per heavy atom. The van der Waals surface area contributed by atoms with Crippen LogP contribution in [-0.2, 0) is 9.59 Å². The number of nitrogens with one attached hydrogen (secondary N) is 1. The SMILES string of the molecule is CCC1NC(=O)CCN(c2ccc(SC)cc2)C1=O. The first-order valence-corrected chi connectivity index (χ1v) is 7.63. The van der Waals surface area contributed by atoms with Crippen LogP contribution in [0.2, 0.25) is 0 Å². The topological polar surface area (TPSA) is 49.4 Å². The molecule has 2 rings (SSSR count). The molecule has 0 aliphatic carbocycles. The lowest BCUT2D eigenvalue weighted by Crippen LogP contribution is -2.44. The fourth-order valence-electron chi connectivity index (χ4n) is 2.14. The fraction of sp³-hybridized carbons (Fsp3) is 0.429. The molecule has 0 spiro atoms. The average molecular weight is 278 g/mol. The normalized spacial score (nSPS) is 20.1. The van der Waals surface area contributed by atoms with Crippen molar-refractivity contribution >= 4 is 29.3 Å². The smallest absolute Gasteiger partial charge is 0.249 e. The Morgan fingerprint density at radius 1 is 1.32 bits per heavy atom. The number of benzene rings is 1. The molecule has 1 fully saturated rings. The van der Waals surface area contributed by atoms with Crippen LogP contribution < -0.4 is 10.2 Å². The molecular weight excluding hydrogens is 260 g/mol. The summed E-state index contributed by atoms with van der Waals surface area (Å²) in [5.41, 5.74) is 0.859. The maximum absolute atomic E-state index is 12.4. The number of hydrogen-bond donors (Lipinski definition) is 1. The molecule has 0 bridgehead atoms. The molecule has 1 N–H and O–H groups in total. The van der Waals surface area contributed by atoms with Crippen molar-refractivity contribution in [1.29, 1.82) is 0 Å². The maximum atomic E-state index is 12.4. The summed E-state index contributed by atoms with van der Waals surface area (Å²) in [7, 11) is 0. The summed E-state index contributed by atoms with van der Waals surface area (Å²) < 4.78 is 0. The summed E-state index contributed by atoms with van der Waals surface area (Å²) in [5, 5.41) is 2.77. The number of nitrogens with zero attached hydrogens (tertiary/aromatic N) is 1. The third kappa shape index (κ3) is 3.10. The van der Waals surface area contributed by atoms with Crippen molar-refractivity contribution in [3.63, 3.8) is 0 Å². The van der Waals surface area contributed by atoms with Gasteiger partial charge in [0.05, 0.1) is 0 Å². The second-order valence-corrected chi connectivity index (χ2v) is 5.35. The fourth-order valence-corrected chi connectivity index (χ4v) is 2.54. The Morgan fingerprint density at radius 2 is 2.00 bits per heavy atom. The monoisotopic (exact) mass is 278 g/mol. The van der Waals surface area contributed by atoms with E-state index in [1.165, 1.54) is 0 Å². The Balaban J connectivity index is 2.25. The van der Waals surface area contributed by atoms with Gasteiger partial charge in [-0.1, -0.05) is 6.92 Å². The molecule has 1 unspecified atom stereocenters. The van der Waals surface area contributed by atoms with Crippen molar-refractivity contribution in [3.05, 3.63) is 24.3 Å². The van der Waals surface area contributed by atoms with Gasteiger partial charge < -0.3 is 10.2 Å². The van der Waals surface area contributed by atoms with E-state index in [2.05, 4.69) is 5.32 Å². The minimum atomic E-state index is -0.407. The van der Waals surface area contributed by atoms with Crippen LogP contribution in [0.15, 0.2) is 29.2 Å². The predicted octanol–water partition coefficient (Wildman–Crippen LogP) is 2.04. The summed E-state index contributed by atoms with van der Waals surface area (Å²) in [6.07, 6.45) is 2.98. The average Bonchev–Trinajstić information content (AvgIpc) is 2.58. The molecule has 5 heteroatoms. The van der Waals surface area contributed by atoms with E-state index in [1.54, 1.807) is 16.7 Å². The van der Waals surface area contributed by atoms with Gasteiger partial charge in [0.1, 0.15) is 6.04 Å². The summed E-state index contributed by atoms with van der Waals surface area (Å²) in [6.45, 7) is 2.35. The van der Waals surface area contributed by atoms with Crippen LogP contribution in [0.25, 0.3) is 0 Å². The second kappa shape index (κ2) is 6.10. The number of hydrogen-bond acceptors (Lipinski definition) is 3. The van der Waals surface area contributed by atoms with Crippen LogP contribution in [0.5, 0.6) is 0 Å². The lowest BCUT2D eigenvalue weighted by molar-refractivity contribution is -0.125. The lowest BCUT2D eigenvalue weighted by Gasteiger charge is -2.23. The molecule has 0 aromatic heterocycles. The molecule has 1 saturated heterocycles. The van der Waals surface area contributed by atoms with Gasteiger partial charge in [-0.3, -0.25) is 9.59 Å². The number of carbonyl (C=O) groups is 2. The summed E-state index contributed by atoms with van der Waals surface area (Å²) in [5.74, 6) is -0.0753. The van der Waals surface area contributed by atoms with Crippen molar-refractivity contribution in [3.8, 4) is 0 Å². The summed E-state index contributed by atoms with van der Waals surface area (Å²) in [6, 6.07) is 7.46. The zero-order valence-corrected chi connectivity index (χ0v) is 12.0. The first-order chi connectivity index (χ1) is 9.15. The van der Waals surface area contributed by atoms with Gasteiger partial charge in [0.15, 0.2) is 0 Å². The summed E-state index contributed by atoms with van der Waals surface area (Å²) in [4.78, 5) is 26.8. The molecule has 1 aromatic carbocycles. The van der Waals surface area contributed by atoms with E-state index >= 15 is 0 Å². The van der Waals surface area contributed by atoms with Gasteiger partial charge in [-0.2, -0.15) is 0 Å². The van der Waals surface area contributed by atoms with Gasteiger partial charge in [-0.05, 0) is 36.9 Å². The van der Waals surface area contributed by atoms with E-state index in [1.807, 2.05) is 37.4 Å². The predicted molar refractivity (Wildman–Crippen MR) is 77.4 cm³/mol. The Bertz CT molecular complexity index is 473. The Kier molecular flexibility index (Phi) is 4.47. The third-order valence-electron chi connectivity index (χ3n) is 3.25. The van der Waals surface area contributed by atoms with Gasteiger partial charge in [0.25, 0.3) is 0 Å². The van der Waals surface area contributed by atoms with E-state index in [0.717, 1.165) is 10.6 Å². The van der Waals surface area contributed by atoms with E-state index in [4.69, 9.17) is 0 Å². The van der Waals surface area contributed by atoms with Gasteiger partial charge >= 0.3 is 0 Å². The van der Waals surface area contributed by atoms with Crippen LogP contribution in [0.1, 0.15) is 19.8 Å². The van der Waals surface area contributed by atoms with Gasteiger partial charge in [-0.25, -0.2) is 0 Å². The molecule has 1 aliphatic heterocycles. The molecule has 4 nitrogen and oxygen atoms in total. The van der Waals surface area contributed by atoms with E-state index < -0.39 is 6.04 Å². The molecule has 0 radical (unpaired) electrons. The Hall–Kier alpha value is -1.49. The quantitative estimate of drug-likeness (QED) is 0.861. The van der Waals surface area contributed by atoms with Gasteiger partial charge in [0.2, 0.25) is 11.8 Å². The molecule has 1 heterocycles. The first kappa shape index (κ1) is 13.9. The highest BCUT2D eigenvalue weighted by molar-refractivity contribution is 7.98. The molecule has 1 aromatic rings. The molecule has 1 atom stereocenters. The minimum absolute atomic E-state index is 0.0229. The minimum Gasteiger partial charge on any atom is -0.344 e. The largest absolute Gasteiger partial charge is 0.344 e. The molecular formula is C14H18N2O2S. The molecule has 0 saturated carbocycles. The van der Waals surface area contributed by atoms with Crippen molar-refractivity contribution in [1.82, 2.24) is 5.32 Å². The van der Waals surface area contributed by atoms with Crippen molar-refractivity contribution in [2.24, 2.45) is 0 Å². The van der Waals surface area contributed by atoms with Crippen LogP contribution in [0.3, 0.4) is 0 Å². The number of carbonyl (C=O) groups excluding carboxylic acids is 2. The van der Waals surface area contributed by atoms with E-state index in [0.29, 0.717) is 19.4 Å². The van der Waals surface area contributed by atoms with Crippen LogP contribution in [-0.4, -0.2) is 30.7 Å². The first-order valence-electron chi connectivity index (χ1n) is 6.40. The molecule has 102 valence electrons. The number of rotatable bonds is 3. The molecule has 1 aliphatic rings. The van der Waals surface area contributed by atoms with E-state index in [-0.39, 0.29) is 11.8 Å². The zero-order chi connectivity index (χ0) is 13.8. The highest BCUT2D eigenvalue weighted by atomic mass is 32.2. The number of amides is 2. The van der Waals surface area contributed by atoms with Gasteiger partial charge in [-0.15, -0.1) is 11.8 Å². The molecule has 2 amide bonds. The van der Waals surface area contributed by atoms with Crippen molar-refractivity contribution in [2.75, 3.05) is 17.7 Å². The van der Waals surface area contributed by atoms with Crippen molar-refractivity contribution < 1.29 is 9.59 Å². The zero-order valence-electron chi connectivity index (χ0n) is 11.2. The van der Waals surface area contributed by atoms with E-state index in [9.17, 15) is 9.59 Å². The van der Waals surface area contributed by atoms with Crippen molar-refractivity contribution in [2.45, 2.75) is 30.7 Å². The highest BCUT2D eigenvalue weighted by Crippen LogP contribution is 2.22. The van der Waals surface area contributed by atoms with Crippen LogP contribution >= 0.6 is 11.8 Å². The Labute approximate surface area is 117 Å². The lowest BCUT2D eigenvalue weighted by atomic mass is 10.2. The standard InChI is InChI=1S/C14H18N2O2S/c1-3-12-14(18)16(9-8-13(17)15-12)10-4-6-11(19-2)7-5-10/h4-7,12H,3,8-9H2,1-2H3,(H,15,17). The summed E-state index contributed by atoms with van der Waals surface area (Å²) >= 11 is 1.66. The number of thioether (sulfide) groups is 1. The molecule has 19 heavy (non-hydrogen) atoms. The van der Waals surface area contributed by atoms with Crippen LogP contribution in [0.4, 0.5) is 5.69 Å². The maximum Gasteiger partial charge on any atom is 0.249 e. The second-order valence-electron chi connectivity index (χ2n) is 4.47. The number of anilines is 1. The third-order valence-corrected chi connectivity index (χ3v) is 4.00. The van der Waals surface area contributed by atoms with Crippen LogP contribution in [0, 0.1) is 0 Å².